The van der Waals surface area contributed by atoms with Gasteiger partial charge in [0.25, 0.3) is 5.91 Å². The first-order valence-electron chi connectivity index (χ1n) is 15.3. The average Bonchev–Trinajstić information content (AvgIpc) is 3.06. The molecule has 1 unspecified atom stereocenters. The lowest BCUT2D eigenvalue weighted by Crippen LogP contribution is -2.51. The van der Waals surface area contributed by atoms with E-state index >= 15 is 0 Å². The van der Waals surface area contributed by atoms with E-state index < -0.39 is 15.3 Å². The SMILES string of the molecule is C=S1(=O)NC(=O)c2ccc3c(c2)N(C[C@@H]2CC[C@H]2[C@](C)(O)/C=C/C[C@H](C)[C@H]1C)C[C@@]1(CCCc2cc(Cl)ccc21)CO3. The lowest BCUT2D eigenvalue weighted by Gasteiger charge is -2.48. The number of anilines is 1. The Hall–Kier alpha value is -2.48. The first-order chi connectivity index (χ1) is 19.9. The molecule has 2 aliphatic carbocycles. The van der Waals surface area contributed by atoms with Crippen LogP contribution in [0.5, 0.6) is 5.75 Å². The molecule has 1 spiro atoms. The van der Waals surface area contributed by atoms with E-state index in [4.69, 9.17) is 16.3 Å². The second-order valence-electron chi connectivity index (χ2n) is 13.4. The van der Waals surface area contributed by atoms with Gasteiger partial charge in [-0.15, -0.1) is 0 Å². The summed E-state index contributed by atoms with van der Waals surface area (Å²) in [7, 11) is -2.93. The fourth-order valence-electron chi connectivity index (χ4n) is 7.62. The first kappa shape index (κ1) is 29.6. The van der Waals surface area contributed by atoms with Crippen LogP contribution in [0.3, 0.4) is 0 Å². The molecule has 8 heteroatoms. The Balaban J connectivity index is 1.44. The number of allylic oxidation sites excluding steroid dienone is 1. The van der Waals surface area contributed by atoms with Crippen LogP contribution in [0.25, 0.3) is 0 Å². The highest BCUT2D eigenvalue weighted by Crippen LogP contribution is 2.48. The van der Waals surface area contributed by atoms with Gasteiger partial charge in [-0.1, -0.05) is 36.7 Å². The Morgan fingerprint density at radius 1 is 1.19 bits per heavy atom. The standard InChI is InChI=1S/C34H43ClN2O4S/c1-22-7-5-15-33(3,39)28-12-9-26(28)19-37-20-34(16-6-8-24-17-27(35)11-13-29(24)34)21-41-31-14-10-25(18-30(31)37)32(38)36-42(4,40)23(22)2/h5,10-11,13-15,17-18,22-23,26,28,39H,4,6-9,12,16,19-21H2,1-3H3,(H,36,38,40)/b15-5+/t22-,23+,26-,28+,33+,34-,42?/m0/s1. The molecule has 4 aliphatic rings. The fourth-order valence-corrected chi connectivity index (χ4v) is 9.29. The van der Waals surface area contributed by atoms with Gasteiger partial charge in [0.1, 0.15) is 5.75 Å². The molecule has 7 atom stereocenters. The molecule has 6 rings (SSSR count). The Morgan fingerprint density at radius 3 is 2.76 bits per heavy atom. The highest BCUT2D eigenvalue weighted by atomic mass is 35.5. The number of aryl methyl sites for hydroxylation is 1. The normalized spacial score (nSPS) is 37.4. The summed E-state index contributed by atoms with van der Waals surface area (Å²) >= 11 is 6.41. The number of nitrogens with zero attached hydrogens (tertiary/aromatic N) is 1. The van der Waals surface area contributed by atoms with Crippen LogP contribution < -0.4 is 14.4 Å². The molecule has 1 fully saturated rings. The summed E-state index contributed by atoms with van der Waals surface area (Å²) < 4.78 is 23.0. The van der Waals surface area contributed by atoms with Crippen molar-refractivity contribution in [3.63, 3.8) is 0 Å². The molecular weight excluding hydrogens is 568 g/mol. The van der Waals surface area contributed by atoms with E-state index in [2.05, 4.69) is 27.6 Å². The lowest BCUT2D eigenvalue weighted by molar-refractivity contribution is -0.0314. The van der Waals surface area contributed by atoms with Crippen LogP contribution in [-0.4, -0.2) is 51.6 Å². The topological polar surface area (TPSA) is 78.9 Å². The zero-order valence-electron chi connectivity index (χ0n) is 24.9. The zero-order valence-corrected chi connectivity index (χ0v) is 26.5. The third-order valence-corrected chi connectivity index (χ3v) is 13.0. The molecule has 0 saturated heterocycles. The third-order valence-electron chi connectivity index (χ3n) is 10.6. The number of aliphatic hydroxyl groups is 1. The number of ether oxygens (including phenoxy) is 1. The number of hydrogen-bond donors (Lipinski definition) is 2. The van der Waals surface area contributed by atoms with Crippen molar-refractivity contribution < 1.29 is 18.8 Å². The number of amides is 1. The summed E-state index contributed by atoms with van der Waals surface area (Å²) in [6, 6.07) is 11.8. The van der Waals surface area contributed by atoms with Crippen molar-refractivity contribution in [3.8, 4) is 5.75 Å². The minimum absolute atomic E-state index is 0.00724. The monoisotopic (exact) mass is 610 g/mol. The zero-order chi connectivity index (χ0) is 29.9. The second kappa shape index (κ2) is 10.9. The minimum Gasteiger partial charge on any atom is -0.490 e. The van der Waals surface area contributed by atoms with E-state index in [0.717, 1.165) is 61.7 Å². The summed E-state index contributed by atoms with van der Waals surface area (Å²) in [5, 5.41) is 12.0. The highest BCUT2D eigenvalue weighted by Gasteiger charge is 2.46. The van der Waals surface area contributed by atoms with Gasteiger partial charge in [-0.3, -0.25) is 9.52 Å². The maximum atomic E-state index is 13.6. The quantitative estimate of drug-likeness (QED) is 0.285. The molecule has 2 aromatic carbocycles. The van der Waals surface area contributed by atoms with Crippen LogP contribution >= 0.6 is 11.6 Å². The maximum Gasteiger partial charge on any atom is 0.262 e. The van der Waals surface area contributed by atoms with Crippen molar-refractivity contribution in [1.29, 1.82) is 0 Å². The molecule has 2 heterocycles. The first-order valence-corrected chi connectivity index (χ1v) is 17.4. The van der Waals surface area contributed by atoms with E-state index in [1.54, 1.807) is 6.07 Å². The summed E-state index contributed by atoms with van der Waals surface area (Å²) in [6.07, 6.45) is 9.64. The molecule has 2 bridgehead atoms. The van der Waals surface area contributed by atoms with Gasteiger partial charge in [-0.2, -0.15) is 0 Å². The van der Waals surface area contributed by atoms with Crippen molar-refractivity contribution in [1.82, 2.24) is 4.72 Å². The number of carbonyl (C=O) groups is 1. The van der Waals surface area contributed by atoms with E-state index in [1.165, 1.54) is 11.1 Å². The second-order valence-corrected chi connectivity index (χ2v) is 16.3. The van der Waals surface area contributed by atoms with Gasteiger partial charge in [0.2, 0.25) is 0 Å². The van der Waals surface area contributed by atoms with Crippen molar-refractivity contribution in [2.75, 3.05) is 24.6 Å². The largest absolute Gasteiger partial charge is 0.490 e. The minimum atomic E-state index is -2.93. The summed E-state index contributed by atoms with van der Waals surface area (Å²) in [5.41, 5.74) is 2.70. The van der Waals surface area contributed by atoms with Crippen molar-refractivity contribution in [2.45, 2.75) is 75.6 Å². The predicted molar refractivity (Wildman–Crippen MR) is 172 cm³/mol. The van der Waals surface area contributed by atoms with Gasteiger partial charge in [0.05, 0.1) is 27.6 Å². The van der Waals surface area contributed by atoms with Crippen molar-refractivity contribution >= 4 is 38.8 Å². The number of carbonyl (C=O) groups excluding carboxylic acids is 1. The Bertz CT molecular complexity index is 1520. The van der Waals surface area contributed by atoms with Gasteiger partial charge in [0.15, 0.2) is 0 Å². The van der Waals surface area contributed by atoms with Crippen molar-refractivity contribution in [2.24, 2.45) is 17.8 Å². The molecule has 2 N–H and O–H groups in total. The Kier molecular flexibility index (Phi) is 7.68. The number of hydrogen-bond acceptors (Lipinski definition) is 5. The molecule has 2 aliphatic heterocycles. The fraction of sp³-hybridized carbons (Fsp3) is 0.529. The Labute approximate surface area is 255 Å². The van der Waals surface area contributed by atoms with Crippen LogP contribution in [0.2, 0.25) is 5.02 Å². The molecule has 6 nitrogen and oxygen atoms in total. The predicted octanol–water partition coefficient (Wildman–Crippen LogP) is 5.94. The van der Waals surface area contributed by atoms with E-state index in [-0.39, 0.29) is 28.4 Å². The molecular formula is C34H43ClN2O4S. The smallest absolute Gasteiger partial charge is 0.262 e. The van der Waals surface area contributed by atoms with E-state index in [9.17, 15) is 14.1 Å². The van der Waals surface area contributed by atoms with Crippen LogP contribution in [-0.2, 0) is 21.5 Å². The molecule has 42 heavy (non-hydrogen) atoms. The maximum absolute atomic E-state index is 13.6. The van der Waals surface area contributed by atoms with Gasteiger partial charge in [-0.05, 0) is 117 Å². The number of benzene rings is 2. The number of fused-ring (bicyclic) bond motifs is 4. The van der Waals surface area contributed by atoms with Crippen LogP contribution in [0.15, 0.2) is 48.6 Å². The average molecular weight is 611 g/mol. The number of rotatable bonds is 0. The van der Waals surface area contributed by atoms with Gasteiger partial charge < -0.3 is 14.7 Å². The molecule has 1 amide bonds. The van der Waals surface area contributed by atoms with Crippen molar-refractivity contribution in [3.05, 3.63) is 70.3 Å². The summed E-state index contributed by atoms with van der Waals surface area (Å²) in [5.74, 6) is 4.73. The van der Waals surface area contributed by atoms with Gasteiger partial charge in [-0.25, -0.2) is 4.21 Å². The lowest BCUT2D eigenvalue weighted by atomic mass is 9.64. The molecule has 2 aromatic rings. The van der Waals surface area contributed by atoms with E-state index in [1.807, 2.05) is 51.1 Å². The molecule has 226 valence electrons. The number of halogens is 1. The van der Waals surface area contributed by atoms with Crippen LogP contribution in [0, 0.1) is 17.8 Å². The summed E-state index contributed by atoms with van der Waals surface area (Å²) in [6.45, 7) is 7.83. The Morgan fingerprint density at radius 2 is 2.00 bits per heavy atom. The molecule has 0 radical (unpaired) electrons. The summed E-state index contributed by atoms with van der Waals surface area (Å²) in [4.78, 5) is 15.9. The van der Waals surface area contributed by atoms with Crippen LogP contribution in [0.4, 0.5) is 5.69 Å². The highest BCUT2D eigenvalue weighted by molar-refractivity contribution is 7.99. The van der Waals surface area contributed by atoms with Gasteiger partial charge in [0, 0.05) is 34.3 Å². The molecule has 1 saturated carbocycles. The van der Waals surface area contributed by atoms with Gasteiger partial charge >= 0.3 is 0 Å². The van der Waals surface area contributed by atoms with Crippen LogP contribution in [0.1, 0.15) is 74.4 Å². The number of nitrogens with one attached hydrogen (secondary N) is 1. The third kappa shape index (κ3) is 5.37. The molecule has 0 aromatic heterocycles. The van der Waals surface area contributed by atoms with E-state index in [0.29, 0.717) is 24.5 Å².